The molecule has 1 amide bonds. The molecule has 21 heavy (non-hydrogen) atoms. The molecule has 0 aliphatic heterocycles. The lowest BCUT2D eigenvalue weighted by Gasteiger charge is -2.15. The minimum Gasteiger partial charge on any atom is -0.321 e. The molecule has 0 unspecified atom stereocenters. The molecule has 0 aliphatic rings. The van der Waals surface area contributed by atoms with Crippen LogP contribution in [0.15, 0.2) is 40.9 Å². The van der Waals surface area contributed by atoms with Gasteiger partial charge in [0.25, 0.3) is 5.91 Å². The van der Waals surface area contributed by atoms with Gasteiger partial charge in [-0.1, -0.05) is 54.0 Å². The number of halogens is 1. The minimum absolute atomic E-state index is 0.0515. The van der Waals surface area contributed by atoms with Crippen LogP contribution < -0.4 is 5.32 Å². The molecular weight excluding hydrogens is 326 g/mol. The molecule has 3 heteroatoms. The zero-order valence-corrected chi connectivity index (χ0v) is 14.3. The van der Waals surface area contributed by atoms with E-state index in [9.17, 15) is 4.79 Å². The van der Waals surface area contributed by atoms with Gasteiger partial charge in [-0.2, -0.15) is 0 Å². The van der Waals surface area contributed by atoms with E-state index in [1.165, 1.54) is 11.1 Å². The van der Waals surface area contributed by atoms with Crippen LogP contribution in [-0.4, -0.2) is 5.91 Å². The van der Waals surface area contributed by atoms with Crippen LogP contribution in [0.3, 0.4) is 0 Å². The van der Waals surface area contributed by atoms with Crippen LogP contribution in [0.1, 0.15) is 40.9 Å². The Hall–Kier alpha value is -1.61. The molecule has 0 bridgehead atoms. The van der Waals surface area contributed by atoms with Crippen molar-refractivity contribution in [3.05, 3.63) is 63.1 Å². The zero-order valence-electron chi connectivity index (χ0n) is 12.7. The first-order chi connectivity index (χ1) is 10.1. The highest BCUT2D eigenvalue weighted by Gasteiger charge is 2.13. The maximum Gasteiger partial charge on any atom is 0.255 e. The largest absolute Gasteiger partial charge is 0.321 e. The molecule has 0 saturated heterocycles. The number of rotatable bonds is 4. The van der Waals surface area contributed by atoms with Gasteiger partial charge in [-0.3, -0.25) is 4.79 Å². The van der Waals surface area contributed by atoms with Gasteiger partial charge in [0.15, 0.2) is 0 Å². The first-order valence-electron chi connectivity index (χ1n) is 7.25. The van der Waals surface area contributed by atoms with Crippen LogP contribution in [0.5, 0.6) is 0 Å². The smallest absolute Gasteiger partial charge is 0.255 e. The van der Waals surface area contributed by atoms with Crippen molar-refractivity contribution in [2.75, 3.05) is 5.32 Å². The van der Waals surface area contributed by atoms with Gasteiger partial charge < -0.3 is 5.32 Å². The molecular formula is C18H20BrNO. The molecule has 0 aliphatic carbocycles. The molecule has 0 heterocycles. The Bertz CT molecular complexity index is 642. The van der Waals surface area contributed by atoms with Crippen molar-refractivity contribution >= 4 is 27.5 Å². The highest BCUT2D eigenvalue weighted by Crippen LogP contribution is 2.24. The van der Waals surface area contributed by atoms with Crippen molar-refractivity contribution in [1.29, 1.82) is 0 Å². The number of anilines is 1. The third-order valence-electron chi connectivity index (χ3n) is 3.68. The van der Waals surface area contributed by atoms with Crippen molar-refractivity contribution in [2.45, 2.75) is 33.6 Å². The Kier molecular flexibility index (Phi) is 5.18. The predicted octanol–water partition coefficient (Wildman–Crippen LogP) is 5.13. The summed E-state index contributed by atoms with van der Waals surface area (Å²) < 4.78 is 0.915. The van der Waals surface area contributed by atoms with Crippen LogP contribution >= 0.6 is 15.9 Å². The van der Waals surface area contributed by atoms with Gasteiger partial charge >= 0.3 is 0 Å². The second-order valence-electron chi connectivity index (χ2n) is 5.07. The van der Waals surface area contributed by atoms with E-state index in [-0.39, 0.29) is 5.91 Å². The summed E-state index contributed by atoms with van der Waals surface area (Å²) >= 11 is 3.43. The Balaban J connectivity index is 2.38. The van der Waals surface area contributed by atoms with Gasteiger partial charge in [0.05, 0.1) is 0 Å². The van der Waals surface area contributed by atoms with Crippen molar-refractivity contribution in [2.24, 2.45) is 0 Å². The average molecular weight is 346 g/mol. The number of para-hydroxylation sites is 1. The molecule has 2 nitrogen and oxygen atoms in total. The van der Waals surface area contributed by atoms with Crippen LogP contribution in [0.25, 0.3) is 0 Å². The third-order valence-corrected chi connectivity index (χ3v) is 4.17. The second-order valence-corrected chi connectivity index (χ2v) is 5.99. The normalized spacial score (nSPS) is 10.5. The lowest BCUT2D eigenvalue weighted by Crippen LogP contribution is -2.16. The Labute approximate surface area is 134 Å². The SMILES string of the molecule is CCc1cccc(CC)c1NC(=O)c1cc(Br)ccc1C. The molecule has 0 fully saturated rings. The van der Waals surface area contributed by atoms with Crippen LogP contribution in [0.4, 0.5) is 5.69 Å². The van der Waals surface area contributed by atoms with Crippen molar-refractivity contribution < 1.29 is 4.79 Å². The number of amides is 1. The van der Waals surface area contributed by atoms with Crippen molar-refractivity contribution in [3.8, 4) is 0 Å². The average Bonchev–Trinajstić information content (AvgIpc) is 2.49. The fourth-order valence-electron chi connectivity index (χ4n) is 2.42. The lowest BCUT2D eigenvalue weighted by molar-refractivity contribution is 0.102. The van der Waals surface area contributed by atoms with Crippen LogP contribution in [0, 0.1) is 6.92 Å². The summed E-state index contributed by atoms with van der Waals surface area (Å²) in [7, 11) is 0. The van der Waals surface area contributed by atoms with Crippen molar-refractivity contribution in [1.82, 2.24) is 0 Å². The van der Waals surface area contributed by atoms with Gasteiger partial charge in [0.1, 0.15) is 0 Å². The summed E-state index contributed by atoms with van der Waals surface area (Å²) in [6.07, 6.45) is 1.81. The molecule has 0 aromatic heterocycles. The maximum absolute atomic E-state index is 12.6. The molecule has 1 N–H and O–H groups in total. The van der Waals surface area contributed by atoms with Gasteiger partial charge in [0, 0.05) is 15.7 Å². The maximum atomic E-state index is 12.6. The second kappa shape index (κ2) is 6.90. The summed E-state index contributed by atoms with van der Waals surface area (Å²) in [4.78, 5) is 12.6. The Morgan fingerprint density at radius 3 is 2.29 bits per heavy atom. The number of carbonyl (C=O) groups excluding carboxylic acids is 1. The Morgan fingerprint density at radius 1 is 1.10 bits per heavy atom. The van der Waals surface area contributed by atoms with Gasteiger partial charge in [-0.15, -0.1) is 0 Å². The lowest BCUT2D eigenvalue weighted by atomic mass is 10.0. The van der Waals surface area contributed by atoms with E-state index in [0.717, 1.165) is 28.6 Å². The zero-order chi connectivity index (χ0) is 15.4. The van der Waals surface area contributed by atoms with Gasteiger partial charge in [0.2, 0.25) is 0 Å². The molecule has 0 spiro atoms. The monoisotopic (exact) mass is 345 g/mol. The van der Waals surface area contributed by atoms with Gasteiger partial charge in [-0.25, -0.2) is 0 Å². The van der Waals surface area contributed by atoms with Crippen molar-refractivity contribution in [3.63, 3.8) is 0 Å². The summed E-state index contributed by atoms with van der Waals surface area (Å²) in [6.45, 7) is 6.16. The minimum atomic E-state index is -0.0515. The summed E-state index contributed by atoms with van der Waals surface area (Å²) in [5.74, 6) is -0.0515. The Morgan fingerprint density at radius 2 is 1.71 bits per heavy atom. The number of nitrogens with one attached hydrogen (secondary N) is 1. The third kappa shape index (κ3) is 3.53. The van der Waals surface area contributed by atoms with E-state index < -0.39 is 0 Å². The summed E-state index contributed by atoms with van der Waals surface area (Å²) in [6, 6.07) is 12.0. The molecule has 2 aromatic rings. The summed E-state index contributed by atoms with van der Waals surface area (Å²) in [5.41, 5.74) is 5.00. The van der Waals surface area contributed by atoms with E-state index in [4.69, 9.17) is 0 Å². The van der Waals surface area contributed by atoms with E-state index in [0.29, 0.717) is 5.56 Å². The van der Waals surface area contributed by atoms with Gasteiger partial charge in [-0.05, 0) is 48.6 Å². The number of benzene rings is 2. The molecule has 2 aromatic carbocycles. The number of hydrogen-bond acceptors (Lipinski definition) is 1. The van der Waals surface area contributed by atoms with E-state index in [1.54, 1.807) is 0 Å². The predicted molar refractivity (Wildman–Crippen MR) is 92.0 cm³/mol. The highest BCUT2D eigenvalue weighted by atomic mass is 79.9. The van der Waals surface area contributed by atoms with E-state index in [2.05, 4.69) is 53.3 Å². The molecule has 2 rings (SSSR count). The first-order valence-corrected chi connectivity index (χ1v) is 8.04. The first kappa shape index (κ1) is 15.8. The summed E-state index contributed by atoms with van der Waals surface area (Å²) in [5, 5.41) is 3.11. The van der Waals surface area contributed by atoms with Crippen LogP contribution in [0.2, 0.25) is 0 Å². The number of hydrogen-bond donors (Lipinski definition) is 1. The quantitative estimate of drug-likeness (QED) is 0.816. The van der Waals surface area contributed by atoms with Crippen LogP contribution in [-0.2, 0) is 12.8 Å². The topological polar surface area (TPSA) is 29.1 Å². The van der Waals surface area contributed by atoms with E-state index >= 15 is 0 Å². The number of aryl methyl sites for hydroxylation is 3. The fourth-order valence-corrected chi connectivity index (χ4v) is 2.78. The van der Waals surface area contributed by atoms with E-state index in [1.807, 2.05) is 25.1 Å². The highest BCUT2D eigenvalue weighted by molar-refractivity contribution is 9.10. The molecule has 110 valence electrons. The molecule has 0 atom stereocenters. The molecule has 0 saturated carbocycles. The standard InChI is InChI=1S/C18H20BrNO/c1-4-13-7-6-8-14(5-2)17(13)20-18(21)16-11-15(19)10-9-12(16)3/h6-11H,4-5H2,1-3H3,(H,20,21). The number of carbonyl (C=O) groups is 1. The molecule has 0 radical (unpaired) electrons. The fraction of sp³-hybridized carbons (Fsp3) is 0.278.